The molecule has 10 heteroatoms. The Labute approximate surface area is 153 Å². The molecule has 1 amide bonds. The Bertz CT molecular complexity index is 778. The summed E-state index contributed by atoms with van der Waals surface area (Å²) >= 11 is 3.41. The summed E-state index contributed by atoms with van der Waals surface area (Å²) in [5.41, 5.74) is 1.56. The maximum absolute atomic E-state index is 12.3. The minimum Gasteiger partial charge on any atom is -0.354 e. The monoisotopic (exact) mass is 412 g/mol. The number of aromatic nitrogens is 4. The normalized spacial score (nSPS) is 12.2. The molecule has 0 aliphatic heterocycles. The third-order valence-electron chi connectivity index (χ3n) is 3.97. The van der Waals surface area contributed by atoms with E-state index < -0.39 is 11.0 Å². The molecule has 9 nitrogen and oxygen atoms in total. The van der Waals surface area contributed by atoms with Gasteiger partial charge in [0.15, 0.2) is 0 Å². The zero-order valence-corrected chi connectivity index (χ0v) is 16.2. The smallest absolute Gasteiger partial charge is 0.312 e. The van der Waals surface area contributed by atoms with E-state index in [4.69, 9.17) is 0 Å². The molecule has 0 spiro atoms. The van der Waals surface area contributed by atoms with E-state index in [9.17, 15) is 14.9 Å². The molecule has 0 saturated heterocycles. The lowest BCUT2D eigenvalue weighted by molar-refractivity contribution is -0.386. The molecule has 0 aliphatic rings. The van der Waals surface area contributed by atoms with E-state index in [1.807, 2.05) is 17.8 Å². The van der Waals surface area contributed by atoms with Crippen LogP contribution in [0.15, 0.2) is 10.7 Å². The van der Waals surface area contributed by atoms with E-state index in [0.29, 0.717) is 24.5 Å². The summed E-state index contributed by atoms with van der Waals surface area (Å²) in [6, 6.07) is -0.617. The van der Waals surface area contributed by atoms with Crippen LogP contribution in [0.25, 0.3) is 0 Å². The Balaban J connectivity index is 1.90. The van der Waals surface area contributed by atoms with Crippen molar-refractivity contribution in [3.05, 3.63) is 37.9 Å². The van der Waals surface area contributed by atoms with Gasteiger partial charge in [0.25, 0.3) is 0 Å². The maximum atomic E-state index is 12.3. The van der Waals surface area contributed by atoms with E-state index in [1.165, 1.54) is 4.68 Å². The lowest BCUT2D eigenvalue weighted by Crippen LogP contribution is -2.33. The molecule has 1 unspecified atom stereocenters. The van der Waals surface area contributed by atoms with Crippen LogP contribution in [0.4, 0.5) is 5.69 Å². The number of hydrogen-bond acceptors (Lipinski definition) is 5. The first-order valence-electron chi connectivity index (χ1n) is 7.89. The van der Waals surface area contributed by atoms with Crippen LogP contribution in [0.1, 0.15) is 36.5 Å². The molecule has 0 saturated carbocycles. The molecule has 1 N–H and O–H groups in total. The molecule has 0 aliphatic carbocycles. The number of hydrogen-bond donors (Lipinski definition) is 1. The summed E-state index contributed by atoms with van der Waals surface area (Å²) in [6.07, 6.45) is 2.62. The second-order valence-electron chi connectivity index (χ2n) is 5.87. The van der Waals surface area contributed by atoms with Crippen LogP contribution in [0, 0.1) is 30.9 Å². The molecule has 0 radical (unpaired) electrons. The molecule has 2 aromatic rings. The average molecular weight is 413 g/mol. The number of aryl methyl sites for hydroxylation is 3. The lowest BCUT2D eigenvalue weighted by Gasteiger charge is -2.14. The number of amides is 1. The molecule has 2 aromatic heterocycles. The Morgan fingerprint density at radius 1 is 1.36 bits per heavy atom. The summed E-state index contributed by atoms with van der Waals surface area (Å²) in [7, 11) is 0. The topological polar surface area (TPSA) is 108 Å². The second kappa shape index (κ2) is 7.77. The van der Waals surface area contributed by atoms with Crippen LogP contribution in [0.3, 0.4) is 0 Å². The number of nitro groups is 1. The van der Waals surface area contributed by atoms with Crippen molar-refractivity contribution in [1.29, 1.82) is 0 Å². The van der Waals surface area contributed by atoms with Gasteiger partial charge in [0.05, 0.1) is 15.1 Å². The van der Waals surface area contributed by atoms with Crippen molar-refractivity contribution in [2.75, 3.05) is 6.54 Å². The van der Waals surface area contributed by atoms with Gasteiger partial charge in [0.2, 0.25) is 5.91 Å². The minimum atomic E-state index is -0.617. The second-order valence-corrected chi connectivity index (χ2v) is 6.72. The number of nitrogens with zero attached hydrogens (tertiary/aromatic N) is 5. The zero-order valence-electron chi connectivity index (χ0n) is 14.6. The number of rotatable bonds is 7. The standard InChI is InChI=1S/C15H21BrN6O3/c1-9-13(16)8-20(18-9)7-5-6-17-15(23)12(4)21-11(3)14(22(24)25)10(2)19-21/h8,12H,5-7H2,1-4H3,(H,17,23). The van der Waals surface area contributed by atoms with E-state index in [2.05, 4.69) is 31.4 Å². The highest BCUT2D eigenvalue weighted by atomic mass is 79.9. The van der Waals surface area contributed by atoms with Crippen molar-refractivity contribution in [3.8, 4) is 0 Å². The first-order valence-corrected chi connectivity index (χ1v) is 8.69. The van der Waals surface area contributed by atoms with Gasteiger partial charge in [-0.3, -0.25) is 24.3 Å². The van der Waals surface area contributed by atoms with Crippen molar-refractivity contribution >= 4 is 27.5 Å². The maximum Gasteiger partial charge on any atom is 0.312 e. The quantitative estimate of drug-likeness (QED) is 0.426. The highest BCUT2D eigenvalue weighted by Gasteiger charge is 2.26. The molecule has 0 fully saturated rings. The third-order valence-corrected chi connectivity index (χ3v) is 4.74. The van der Waals surface area contributed by atoms with Crippen molar-refractivity contribution in [2.24, 2.45) is 0 Å². The summed E-state index contributed by atoms with van der Waals surface area (Å²) in [6.45, 7) is 7.92. The molecule has 0 aromatic carbocycles. The van der Waals surface area contributed by atoms with Crippen LogP contribution in [-0.4, -0.2) is 36.9 Å². The summed E-state index contributed by atoms with van der Waals surface area (Å²) in [4.78, 5) is 22.9. The van der Waals surface area contributed by atoms with Gasteiger partial charge < -0.3 is 5.32 Å². The molecule has 0 bridgehead atoms. The van der Waals surface area contributed by atoms with Crippen molar-refractivity contribution in [2.45, 2.75) is 46.7 Å². The Morgan fingerprint density at radius 2 is 2.04 bits per heavy atom. The lowest BCUT2D eigenvalue weighted by atomic mass is 10.2. The summed E-state index contributed by atoms with van der Waals surface area (Å²) in [5, 5.41) is 22.4. The molecular formula is C15H21BrN6O3. The van der Waals surface area contributed by atoms with Crippen LogP contribution in [0.2, 0.25) is 0 Å². The summed E-state index contributed by atoms with van der Waals surface area (Å²) in [5.74, 6) is -0.224. The fourth-order valence-corrected chi connectivity index (χ4v) is 2.93. The molecule has 2 heterocycles. The number of carbonyl (C=O) groups is 1. The Hall–Kier alpha value is -2.23. The number of nitrogens with one attached hydrogen (secondary N) is 1. The fourth-order valence-electron chi connectivity index (χ4n) is 2.62. The van der Waals surface area contributed by atoms with Gasteiger partial charge in [-0.05, 0) is 50.0 Å². The van der Waals surface area contributed by atoms with Crippen LogP contribution < -0.4 is 5.32 Å². The van der Waals surface area contributed by atoms with Crippen molar-refractivity contribution in [3.63, 3.8) is 0 Å². The molecular weight excluding hydrogens is 392 g/mol. The van der Waals surface area contributed by atoms with Gasteiger partial charge in [0, 0.05) is 19.3 Å². The minimum absolute atomic E-state index is 0.0423. The Morgan fingerprint density at radius 3 is 2.56 bits per heavy atom. The largest absolute Gasteiger partial charge is 0.354 e. The predicted molar refractivity (Wildman–Crippen MR) is 95.4 cm³/mol. The highest BCUT2D eigenvalue weighted by molar-refractivity contribution is 9.10. The van der Waals surface area contributed by atoms with Gasteiger partial charge in [-0.15, -0.1) is 0 Å². The zero-order chi connectivity index (χ0) is 18.7. The molecule has 1 atom stereocenters. The first kappa shape index (κ1) is 19.1. The van der Waals surface area contributed by atoms with Crippen LogP contribution in [-0.2, 0) is 11.3 Å². The summed E-state index contributed by atoms with van der Waals surface area (Å²) < 4.78 is 4.17. The van der Waals surface area contributed by atoms with Crippen LogP contribution in [0.5, 0.6) is 0 Å². The number of halogens is 1. The highest BCUT2D eigenvalue weighted by Crippen LogP contribution is 2.24. The van der Waals surface area contributed by atoms with Gasteiger partial charge >= 0.3 is 5.69 Å². The van der Waals surface area contributed by atoms with Gasteiger partial charge in [-0.2, -0.15) is 10.2 Å². The van der Waals surface area contributed by atoms with E-state index in [-0.39, 0.29) is 11.6 Å². The molecule has 136 valence electrons. The Kier molecular flexibility index (Phi) is 5.93. The molecule has 2 rings (SSSR count). The van der Waals surface area contributed by atoms with Crippen molar-refractivity contribution in [1.82, 2.24) is 24.9 Å². The molecule has 25 heavy (non-hydrogen) atoms. The van der Waals surface area contributed by atoms with Crippen LogP contribution >= 0.6 is 15.9 Å². The van der Waals surface area contributed by atoms with Crippen molar-refractivity contribution < 1.29 is 9.72 Å². The van der Waals surface area contributed by atoms with E-state index in [1.54, 1.807) is 20.8 Å². The predicted octanol–water partition coefficient (Wildman–Crippen LogP) is 2.44. The first-order chi connectivity index (χ1) is 11.7. The van der Waals surface area contributed by atoms with Gasteiger partial charge in [0.1, 0.15) is 17.4 Å². The number of carbonyl (C=O) groups excluding carboxylic acids is 1. The van der Waals surface area contributed by atoms with E-state index >= 15 is 0 Å². The fraction of sp³-hybridized carbons (Fsp3) is 0.533. The van der Waals surface area contributed by atoms with Gasteiger partial charge in [-0.1, -0.05) is 0 Å². The third kappa shape index (κ3) is 4.25. The van der Waals surface area contributed by atoms with E-state index in [0.717, 1.165) is 16.6 Å². The SMILES string of the molecule is Cc1nn(CCCNC(=O)C(C)n2nc(C)c([N+](=O)[O-])c2C)cc1Br. The van der Waals surface area contributed by atoms with Gasteiger partial charge in [-0.25, -0.2) is 0 Å². The average Bonchev–Trinajstić information content (AvgIpc) is 3.01.